The molecule has 1 nitrogen and oxygen atoms in total. The van der Waals surface area contributed by atoms with Crippen LogP contribution in [-0.4, -0.2) is 13.1 Å². The SMILES string of the molecule is CNC(Cc1ccc(C)cc1)Cc1cc(C)ccc1C. The fourth-order valence-corrected chi connectivity index (χ4v) is 2.57. The Bertz CT molecular complexity index is 554. The smallest absolute Gasteiger partial charge is 0.0145 e. The molecule has 0 fully saturated rings. The van der Waals surface area contributed by atoms with Crippen LogP contribution in [0.5, 0.6) is 0 Å². The number of rotatable bonds is 5. The minimum absolute atomic E-state index is 0.484. The Labute approximate surface area is 123 Å². The Morgan fingerprint density at radius 1 is 0.850 bits per heavy atom. The third kappa shape index (κ3) is 3.94. The summed E-state index contributed by atoms with van der Waals surface area (Å²) in [5.41, 5.74) is 6.91. The maximum absolute atomic E-state index is 3.46. The van der Waals surface area contributed by atoms with Crippen molar-refractivity contribution in [1.29, 1.82) is 0 Å². The number of aryl methyl sites for hydroxylation is 3. The summed E-state index contributed by atoms with van der Waals surface area (Å²) in [5.74, 6) is 0. The number of hydrogen-bond acceptors (Lipinski definition) is 1. The predicted molar refractivity (Wildman–Crippen MR) is 87.4 cm³/mol. The first kappa shape index (κ1) is 14.8. The second kappa shape index (κ2) is 6.71. The van der Waals surface area contributed by atoms with E-state index in [1.165, 1.54) is 27.8 Å². The largest absolute Gasteiger partial charge is 0.316 e. The standard InChI is InChI=1S/C19H25N/c1-14-6-9-17(10-7-14)12-19(20-4)13-18-11-15(2)5-8-16(18)3/h5-11,19-20H,12-13H2,1-4H3. The molecule has 0 aliphatic heterocycles. The normalized spacial score (nSPS) is 12.4. The van der Waals surface area contributed by atoms with Gasteiger partial charge in [-0.15, -0.1) is 0 Å². The van der Waals surface area contributed by atoms with Gasteiger partial charge in [0.05, 0.1) is 0 Å². The molecule has 0 radical (unpaired) electrons. The third-order valence-electron chi connectivity index (χ3n) is 3.98. The van der Waals surface area contributed by atoms with E-state index in [1.54, 1.807) is 0 Å². The summed E-state index contributed by atoms with van der Waals surface area (Å²) >= 11 is 0. The zero-order valence-electron chi connectivity index (χ0n) is 13.0. The van der Waals surface area contributed by atoms with Gasteiger partial charge in [0.15, 0.2) is 0 Å². The summed E-state index contributed by atoms with van der Waals surface area (Å²) in [5, 5.41) is 3.46. The Morgan fingerprint density at radius 3 is 2.15 bits per heavy atom. The topological polar surface area (TPSA) is 12.0 Å². The highest BCUT2D eigenvalue weighted by molar-refractivity contribution is 5.31. The fourth-order valence-electron chi connectivity index (χ4n) is 2.57. The lowest BCUT2D eigenvalue weighted by atomic mass is 9.95. The van der Waals surface area contributed by atoms with Crippen molar-refractivity contribution in [3.8, 4) is 0 Å². The molecule has 106 valence electrons. The Balaban J connectivity index is 2.08. The van der Waals surface area contributed by atoms with Crippen LogP contribution in [0.2, 0.25) is 0 Å². The molecule has 1 unspecified atom stereocenters. The maximum atomic E-state index is 3.46. The van der Waals surface area contributed by atoms with E-state index in [-0.39, 0.29) is 0 Å². The van der Waals surface area contributed by atoms with Gasteiger partial charge >= 0.3 is 0 Å². The van der Waals surface area contributed by atoms with E-state index in [9.17, 15) is 0 Å². The molecule has 0 amide bonds. The summed E-state index contributed by atoms with van der Waals surface area (Å²) < 4.78 is 0. The summed E-state index contributed by atoms with van der Waals surface area (Å²) in [4.78, 5) is 0. The molecule has 2 rings (SSSR count). The fraction of sp³-hybridized carbons (Fsp3) is 0.368. The summed E-state index contributed by atoms with van der Waals surface area (Å²) in [6, 6.07) is 16.1. The molecule has 20 heavy (non-hydrogen) atoms. The van der Waals surface area contributed by atoms with Gasteiger partial charge in [-0.2, -0.15) is 0 Å². The average molecular weight is 267 g/mol. The van der Waals surface area contributed by atoms with Crippen LogP contribution < -0.4 is 5.32 Å². The van der Waals surface area contributed by atoms with Crippen LogP contribution in [0.25, 0.3) is 0 Å². The minimum atomic E-state index is 0.484. The molecule has 2 aromatic carbocycles. The Morgan fingerprint density at radius 2 is 1.50 bits per heavy atom. The molecule has 1 N–H and O–H groups in total. The zero-order valence-corrected chi connectivity index (χ0v) is 13.0. The molecule has 2 aromatic rings. The molecule has 0 spiro atoms. The lowest BCUT2D eigenvalue weighted by Crippen LogP contribution is -2.30. The molecule has 0 aliphatic rings. The van der Waals surface area contributed by atoms with Crippen molar-refractivity contribution in [2.24, 2.45) is 0 Å². The molecule has 0 bridgehead atoms. The van der Waals surface area contributed by atoms with Crippen molar-refractivity contribution in [2.75, 3.05) is 7.05 Å². The van der Waals surface area contributed by atoms with Gasteiger partial charge in [0.25, 0.3) is 0 Å². The summed E-state index contributed by atoms with van der Waals surface area (Å²) in [6.45, 7) is 6.50. The van der Waals surface area contributed by atoms with Gasteiger partial charge in [-0.25, -0.2) is 0 Å². The van der Waals surface area contributed by atoms with E-state index in [0.717, 1.165) is 12.8 Å². The second-order valence-corrected chi connectivity index (χ2v) is 5.81. The Hall–Kier alpha value is -1.60. The van der Waals surface area contributed by atoms with E-state index in [4.69, 9.17) is 0 Å². The first-order chi connectivity index (χ1) is 9.58. The van der Waals surface area contributed by atoms with Crippen molar-refractivity contribution in [2.45, 2.75) is 39.7 Å². The van der Waals surface area contributed by atoms with E-state index in [2.05, 4.69) is 75.6 Å². The van der Waals surface area contributed by atoms with Crippen molar-refractivity contribution in [3.05, 3.63) is 70.3 Å². The van der Waals surface area contributed by atoms with Gasteiger partial charge in [0.2, 0.25) is 0 Å². The van der Waals surface area contributed by atoms with Gasteiger partial charge < -0.3 is 5.32 Å². The maximum Gasteiger partial charge on any atom is 0.0145 e. The van der Waals surface area contributed by atoms with Gasteiger partial charge in [0, 0.05) is 6.04 Å². The highest BCUT2D eigenvalue weighted by atomic mass is 14.9. The molecular formula is C19H25N. The average Bonchev–Trinajstić information content (AvgIpc) is 2.44. The van der Waals surface area contributed by atoms with Crippen molar-refractivity contribution in [1.82, 2.24) is 5.32 Å². The van der Waals surface area contributed by atoms with E-state index < -0.39 is 0 Å². The summed E-state index contributed by atoms with van der Waals surface area (Å²) in [7, 11) is 2.06. The van der Waals surface area contributed by atoms with Crippen molar-refractivity contribution >= 4 is 0 Å². The molecule has 0 aliphatic carbocycles. The second-order valence-electron chi connectivity index (χ2n) is 5.81. The number of hydrogen-bond donors (Lipinski definition) is 1. The third-order valence-corrected chi connectivity index (χ3v) is 3.98. The predicted octanol–water partition coefficient (Wildman–Crippen LogP) is 3.99. The van der Waals surface area contributed by atoms with Crippen LogP contribution in [-0.2, 0) is 12.8 Å². The van der Waals surface area contributed by atoms with Crippen LogP contribution in [0.15, 0.2) is 42.5 Å². The van der Waals surface area contributed by atoms with Gasteiger partial charge in [-0.1, -0.05) is 53.6 Å². The highest BCUT2D eigenvalue weighted by Crippen LogP contribution is 2.15. The molecular weight excluding hydrogens is 242 g/mol. The molecule has 0 aromatic heterocycles. The van der Waals surface area contributed by atoms with Crippen molar-refractivity contribution in [3.63, 3.8) is 0 Å². The molecule has 0 heterocycles. The van der Waals surface area contributed by atoms with E-state index >= 15 is 0 Å². The molecule has 0 saturated carbocycles. The molecule has 1 heteroatoms. The number of nitrogens with one attached hydrogen (secondary N) is 1. The Kier molecular flexibility index (Phi) is 4.97. The monoisotopic (exact) mass is 267 g/mol. The summed E-state index contributed by atoms with van der Waals surface area (Å²) in [6.07, 6.45) is 2.15. The van der Waals surface area contributed by atoms with Gasteiger partial charge in [-0.3, -0.25) is 0 Å². The van der Waals surface area contributed by atoms with Crippen LogP contribution in [0, 0.1) is 20.8 Å². The number of benzene rings is 2. The quantitative estimate of drug-likeness (QED) is 0.864. The lowest BCUT2D eigenvalue weighted by molar-refractivity contribution is 0.555. The molecule has 1 atom stereocenters. The first-order valence-corrected chi connectivity index (χ1v) is 7.37. The minimum Gasteiger partial charge on any atom is -0.316 e. The van der Waals surface area contributed by atoms with Crippen molar-refractivity contribution < 1.29 is 0 Å². The van der Waals surface area contributed by atoms with Gasteiger partial charge in [-0.05, 0) is 57.4 Å². The van der Waals surface area contributed by atoms with Crippen LogP contribution in [0.3, 0.4) is 0 Å². The zero-order chi connectivity index (χ0) is 14.5. The van der Waals surface area contributed by atoms with Crippen LogP contribution in [0.1, 0.15) is 27.8 Å². The molecule has 0 saturated heterocycles. The first-order valence-electron chi connectivity index (χ1n) is 7.37. The van der Waals surface area contributed by atoms with E-state index in [1.807, 2.05) is 0 Å². The van der Waals surface area contributed by atoms with E-state index in [0.29, 0.717) is 6.04 Å². The van der Waals surface area contributed by atoms with Gasteiger partial charge in [0.1, 0.15) is 0 Å². The highest BCUT2D eigenvalue weighted by Gasteiger charge is 2.10. The van der Waals surface area contributed by atoms with Crippen LogP contribution >= 0.6 is 0 Å². The lowest BCUT2D eigenvalue weighted by Gasteiger charge is -2.18. The van der Waals surface area contributed by atoms with Crippen LogP contribution in [0.4, 0.5) is 0 Å². The number of likely N-dealkylation sites (N-methyl/N-ethyl adjacent to an activating group) is 1.